The zero-order chi connectivity index (χ0) is 41.4. The van der Waals surface area contributed by atoms with Crippen LogP contribution in [0, 0.1) is 0 Å². The monoisotopic (exact) mass is 813 g/mol. The quantitative estimate of drug-likeness (QED) is 0.0275. The van der Waals surface area contributed by atoms with Gasteiger partial charge >= 0.3 is 0 Å². The molecule has 0 aromatic rings. The summed E-state index contributed by atoms with van der Waals surface area (Å²) in [6.07, 6.45) is 46.0. The van der Waals surface area contributed by atoms with E-state index in [-0.39, 0.29) is 19.1 Å². The second-order valence-electron chi connectivity index (χ2n) is 17.5. The summed E-state index contributed by atoms with van der Waals surface area (Å²) in [4.78, 5) is 25.4. The maximum Gasteiger partial charge on any atom is 0.268 e. The fourth-order valence-corrected chi connectivity index (χ4v) is 7.64. The number of rotatable bonds is 43. The minimum absolute atomic E-state index is 0.0123. The van der Waals surface area contributed by atoms with Crippen molar-refractivity contribution in [2.45, 2.75) is 231 Å². The van der Waals surface area contributed by atoms with Crippen LogP contribution in [-0.4, -0.2) is 68.5 Å². The molecule has 9 heteroatoms. The molecule has 0 saturated heterocycles. The summed E-state index contributed by atoms with van der Waals surface area (Å²) in [5, 5.41) is 13.9. The normalized spacial score (nSPS) is 14.5. The molecular weight excluding hydrogens is 719 g/mol. The molecule has 0 aromatic heterocycles. The third-order valence-electron chi connectivity index (χ3n) is 10.7. The molecule has 3 unspecified atom stereocenters. The summed E-state index contributed by atoms with van der Waals surface area (Å²) in [5.74, 6) is -0.168. The van der Waals surface area contributed by atoms with Crippen LogP contribution in [0.1, 0.15) is 219 Å². The molecule has 0 fully saturated rings. The molecule has 0 radical (unpaired) electrons. The number of aliphatic hydroxyl groups is 1. The summed E-state index contributed by atoms with van der Waals surface area (Å²) in [7, 11) is 1.31. The molecular formula is C47H93N2O6P. The maximum absolute atomic E-state index is 12.9. The topological polar surface area (TPSA) is 108 Å². The smallest absolute Gasteiger partial charge is 0.268 e. The van der Waals surface area contributed by atoms with E-state index in [0.717, 1.165) is 38.5 Å². The number of hydrogen-bond donors (Lipinski definition) is 2. The Morgan fingerprint density at radius 3 is 1.48 bits per heavy atom. The number of amides is 1. The average Bonchev–Trinajstić information content (AvgIpc) is 3.15. The van der Waals surface area contributed by atoms with Crippen LogP contribution in [0.15, 0.2) is 24.3 Å². The summed E-state index contributed by atoms with van der Waals surface area (Å²) < 4.78 is 23.3. The second-order valence-corrected chi connectivity index (χ2v) is 18.9. The van der Waals surface area contributed by atoms with Gasteiger partial charge in [-0.15, -0.1) is 0 Å². The van der Waals surface area contributed by atoms with E-state index in [4.69, 9.17) is 9.05 Å². The van der Waals surface area contributed by atoms with Crippen LogP contribution in [0.4, 0.5) is 0 Å². The van der Waals surface area contributed by atoms with Gasteiger partial charge in [-0.3, -0.25) is 9.36 Å². The molecule has 56 heavy (non-hydrogen) atoms. The number of allylic oxidation sites excluding steroid dienone is 4. The van der Waals surface area contributed by atoms with Gasteiger partial charge in [-0.05, 0) is 38.5 Å². The third kappa shape index (κ3) is 41.2. The van der Waals surface area contributed by atoms with E-state index in [9.17, 15) is 19.4 Å². The van der Waals surface area contributed by atoms with Gasteiger partial charge in [-0.2, -0.15) is 0 Å². The molecule has 0 aromatic carbocycles. The Balaban J connectivity index is 4.31. The minimum Gasteiger partial charge on any atom is -0.756 e. The van der Waals surface area contributed by atoms with Crippen LogP contribution in [0.3, 0.4) is 0 Å². The number of carbonyl (C=O) groups excluding carboxylic acids is 1. The Bertz CT molecular complexity index is 969. The highest BCUT2D eigenvalue weighted by atomic mass is 31.2. The van der Waals surface area contributed by atoms with Crippen LogP contribution in [0.25, 0.3) is 0 Å². The first-order valence-electron chi connectivity index (χ1n) is 23.7. The lowest BCUT2D eigenvalue weighted by Crippen LogP contribution is -2.46. The van der Waals surface area contributed by atoms with Gasteiger partial charge in [0.05, 0.1) is 39.9 Å². The lowest BCUT2D eigenvalue weighted by Gasteiger charge is -2.30. The van der Waals surface area contributed by atoms with E-state index in [1.54, 1.807) is 0 Å². The molecule has 0 bridgehead atoms. The Morgan fingerprint density at radius 2 is 1.02 bits per heavy atom. The Morgan fingerprint density at radius 1 is 0.625 bits per heavy atom. The first-order valence-corrected chi connectivity index (χ1v) is 25.2. The van der Waals surface area contributed by atoms with Gasteiger partial charge in [0, 0.05) is 6.42 Å². The molecule has 0 heterocycles. The Hall–Kier alpha value is -1.02. The number of aliphatic hydroxyl groups excluding tert-OH is 1. The van der Waals surface area contributed by atoms with E-state index in [2.05, 4.69) is 43.5 Å². The number of nitrogens with one attached hydrogen (secondary N) is 1. The van der Waals surface area contributed by atoms with E-state index >= 15 is 0 Å². The van der Waals surface area contributed by atoms with Crippen LogP contribution in [-0.2, 0) is 18.4 Å². The van der Waals surface area contributed by atoms with Crippen LogP contribution in [0.2, 0.25) is 0 Å². The molecule has 1 amide bonds. The molecule has 8 nitrogen and oxygen atoms in total. The molecule has 0 spiro atoms. The van der Waals surface area contributed by atoms with Crippen molar-refractivity contribution in [1.29, 1.82) is 0 Å². The standard InChI is InChI=1S/C47H93N2O6P/c1-6-8-10-12-14-16-18-20-22-23-24-25-27-29-31-33-35-37-39-41-47(51)48-45(44-55-56(52,53)54-43-42-49(3,4)5)46(50)40-38-36-34-32-30-28-26-21-19-17-15-13-11-9-7-2/h14,16,18,20,45-46,50H,6-13,15,17,19,21-44H2,1-5H3,(H-,48,51,52,53)/b16-14-,20-18-. The van der Waals surface area contributed by atoms with E-state index in [1.165, 1.54) is 154 Å². The summed E-state index contributed by atoms with van der Waals surface area (Å²) in [6, 6.07) is -0.799. The number of hydrogen-bond acceptors (Lipinski definition) is 6. The summed E-state index contributed by atoms with van der Waals surface area (Å²) in [6.45, 7) is 4.70. The zero-order valence-electron chi connectivity index (χ0n) is 37.6. The highest BCUT2D eigenvalue weighted by Gasteiger charge is 2.24. The highest BCUT2D eigenvalue weighted by Crippen LogP contribution is 2.38. The fourth-order valence-electron chi connectivity index (χ4n) is 6.91. The van der Waals surface area contributed by atoms with Crippen molar-refractivity contribution in [1.82, 2.24) is 5.32 Å². The number of nitrogens with zero attached hydrogens (tertiary/aromatic N) is 1. The predicted molar refractivity (Wildman–Crippen MR) is 238 cm³/mol. The largest absolute Gasteiger partial charge is 0.756 e. The van der Waals surface area contributed by atoms with Crippen molar-refractivity contribution in [2.75, 3.05) is 40.9 Å². The molecule has 0 aliphatic carbocycles. The second kappa shape index (κ2) is 39.4. The number of carbonyl (C=O) groups is 1. The van der Waals surface area contributed by atoms with Crippen LogP contribution >= 0.6 is 7.82 Å². The van der Waals surface area contributed by atoms with Gasteiger partial charge in [-0.1, -0.05) is 199 Å². The number of unbranched alkanes of at least 4 members (excludes halogenated alkanes) is 27. The maximum atomic E-state index is 12.9. The van der Waals surface area contributed by atoms with E-state index < -0.39 is 20.0 Å². The van der Waals surface area contributed by atoms with Gasteiger partial charge < -0.3 is 28.8 Å². The third-order valence-corrected chi connectivity index (χ3v) is 11.7. The lowest BCUT2D eigenvalue weighted by atomic mass is 10.0. The fraction of sp³-hybridized carbons (Fsp3) is 0.894. The average molecular weight is 813 g/mol. The highest BCUT2D eigenvalue weighted by molar-refractivity contribution is 7.45. The molecule has 0 rings (SSSR count). The number of phosphoric acid groups is 1. The van der Waals surface area contributed by atoms with Gasteiger partial charge in [0.1, 0.15) is 13.2 Å². The molecule has 0 saturated carbocycles. The molecule has 0 aliphatic rings. The lowest BCUT2D eigenvalue weighted by molar-refractivity contribution is -0.870. The van der Waals surface area contributed by atoms with Gasteiger partial charge in [0.25, 0.3) is 7.82 Å². The van der Waals surface area contributed by atoms with Crippen molar-refractivity contribution in [3.63, 3.8) is 0 Å². The predicted octanol–water partition coefficient (Wildman–Crippen LogP) is 12.7. The zero-order valence-corrected chi connectivity index (χ0v) is 38.5. The van der Waals surface area contributed by atoms with E-state index in [0.29, 0.717) is 23.9 Å². The number of likely N-dealkylation sites (N-methyl/N-ethyl adjacent to an activating group) is 1. The van der Waals surface area contributed by atoms with Crippen LogP contribution < -0.4 is 10.2 Å². The summed E-state index contributed by atoms with van der Waals surface area (Å²) >= 11 is 0. The molecule has 3 atom stereocenters. The van der Waals surface area contributed by atoms with Crippen LogP contribution in [0.5, 0.6) is 0 Å². The van der Waals surface area contributed by atoms with Crippen molar-refractivity contribution in [2.24, 2.45) is 0 Å². The number of quaternary nitrogens is 1. The first-order chi connectivity index (χ1) is 27.0. The van der Waals surface area contributed by atoms with Crippen molar-refractivity contribution in [3.05, 3.63) is 24.3 Å². The Labute approximate surface area is 347 Å². The van der Waals surface area contributed by atoms with Crippen molar-refractivity contribution in [3.8, 4) is 0 Å². The minimum atomic E-state index is -4.56. The Kier molecular flexibility index (Phi) is 38.7. The molecule has 332 valence electrons. The number of phosphoric ester groups is 1. The first kappa shape index (κ1) is 55.0. The van der Waals surface area contributed by atoms with Crippen molar-refractivity contribution < 1.29 is 32.9 Å². The van der Waals surface area contributed by atoms with Gasteiger partial charge in [-0.25, -0.2) is 0 Å². The molecule has 2 N–H and O–H groups in total. The van der Waals surface area contributed by atoms with Crippen molar-refractivity contribution >= 4 is 13.7 Å². The van der Waals surface area contributed by atoms with Gasteiger partial charge in [0.2, 0.25) is 5.91 Å². The van der Waals surface area contributed by atoms with E-state index in [1.807, 2.05) is 21.1 Å². The van der Waals surface area contributed by atoms with Gasteiger partial charge in [0.15, 0.2) is 0 Å². The summed E-state index contributed by atoms with van der Waals surface area (Å²) in [5.41, 5.74) is 0. The molecule has 0 aliphatic heterocycles. The SMILES string of the molecule is CCCCC/C=C\C=C/CCCCCCCCCCCCC(=O)NC(COP(=O)([O-])OCC[N+](C)(C)C)C(O)CCCCCCCCCCCCCCCCC.